The van der Waals surface area contributed by atoms with Crippen LogP contribution in [0.25, 0.3) is 0 Å². The predicted octanol–water partition coefficient (Wildman–Crippen LogP) is 2.80. The smallest absolute Gasteiger partial charge is 0.191 e. The van der Waals surface area contributed by atoms with Gasteiger partial charge in [-0.1, -0.05) is 6.42 Å². The molecule has 6 heteroatoms. The molecule has 1 atom stereocenters. The van der Waals surface area contributed by atoms with Crippen LogP contribution < -0.4 is 10.6 Å². The zero-order valence-corrected chi connectivity index (χ0v) is 17.0. The Morgan fingerprint density at radius 3 is 2.78 bits per heavy atom. The number of nitrogens with one attached hydrogen (secondary N) is 2. The van der Waals surface area contributed by atoms with Crippen LogP contribution in [0.1, 0.15) is 51.7 Å². The molecule has 1 aromatic heterocycles. The van der Waals surface area contributed by atoms with Gasteiger partial charge in [0.05, 0.1) is 18.9 Å². The van der Waals surface area contributed by atoms with Crippen molar-refractivity contribution in [3.8, 4) is 0 Å². The van der Waals surface area contributed by atoms with Crippen LogP contribution in [-0.4, -0.2) is 61.8 Å². The summed E-state index contributed by atoms with van der Waals surface area (Å²) in [7, 11) is 0. The topological polar surface area (TPSA) is 62.0 Å². The Morgan fingerprint density at radius 2 is 2.07 bits per heavy atom. The maximum atomic E-state index is 5.74. The lowest BCUT2D eigenvalue weighted by Gasteiger charge is -2.40. The molecule has 1 unspecified atom stereocenters. The van der Waals surface area contributed by atoms with Crippen LogP contribution in [-0.2, 0) is 11.2 Å². The lowest BCUT2D eigenvalue weighted by atomic mass is 9.99. The van der Waals surface area contributed by atoms with E-state index in [0.29, 0.717) is 6.10 Å². The van der Waals surface area contributed by atoms with Crippen molar-refractivity contribution in [3.05, 3.63) is 24.2 Å². The van der Waals surface area contributed by atoms with E-state index >= 15 is 0 Å². The molecule has 2 aliphatic rings. The van der Waals surface area contributed by atoms with E-state index in [1.165, 1.54) is 32.4 Å². The quantitative estimate of drug-likeness (QED) is 0.540. The van der Waals surface area contributed by atoms with E-state index in [-0.39, 0.29) is 5.54 Å². The molecule has 1 aromatic rings. The summed E-state index contributed by atoms with van der Waals surface area (Å²) in [6, 6.07) is 3.94. The van der Waals surface area contributed by atoms with Gasteiger partial charge in [-0.2, -0.15) is 0 Å². The van der Waals surface area contributed by atoms with E-state index in [1.807, 2.05) is 12.1 Å². The number of guanidine groups is 1. The molecule has 2 N–H and O–H groups in total. The first-order chi connectivity index (χ1) is 13.1. The van der Waals surface area contributed by atoms with E-state index in [0.717, 1.165) is 57.2 Å². The first-order valence-corrected chi connectivity index (χ1v) is 10.5. The average Bonchev–Trinajstić information content (AvgIpc) is 3.38. The number of rotatable bonds is 8. The number of hydrogen-bond acceptors (Lipinski definition) is 4. The number of ether oxygens (including phenoxy) is 1. The van der Waals surface area contributed by atoms with E-state index in [9.17, 15) is 0 Å². The summed E-state index contributed by atoms with van der Waals surface area (Å²) < 4.78 is 11.2. The molecule has 3 heterocycles. The van der Waals surface area contributed by atoms with Gasteiger partial charge in [-0.05, 0) is 64.8 Å². The van der Waals surface area contributed by atoms with Crippen molar-refractivity contribution in [2.75, 3.05) is 39.3 Å². The minimum absolute atomic E-state index is 0.0832. The number of piperidine rings is 1. The Balaban J connectivity index is 1.53. The average molecular weight is 377 g/mol. The standard InChI is InChI=1S/C21H36N4O2/c1-21(2,25-12-4-3-5-13-25)17-24-20(23-16-19-9-7-15-27-19)22-11-10-18-8-6-14-26-18/h6,8,14,19H,3-5,7,9-13,15-17H2,1-2H3,(H2,22,23,24). The molecule has 0 aliphatic carbocycles. The number of nitrogens with zero attached hydrogens (tertiary/aromatic N) is 2. The van der Waals surface area contributed by atoms with Crippen LogP contribution in [0.5, 0.6) is 0 Å². The molecule has 0 amide bonds. The number of hydrogen-bond donors (Lipinski definition) is 2. The number of aliphatic imine (C=N–C) groups is 1. The highest BCUT2D eigenvalue weighted by Crippen LogP contribution is 2.20. The van der Waals surface area contributed by atoms with Crippen molar-refractivity contribution < 1.29 is 9.15 Å². The molecule has 0 spiro atoms. The monoisotopic (exact) mass is 376 g/mol. The van der Waals surface area contributed by atoms with Gasteiger partial charge in [0.1, 0.15) is 5.76 Å². The summed E-state index contributed by atoms with van der Waals surface area (Å²) in [4.78, 5) is 7.50. The zero-order valence-electron chi connectivity index (χ0n) is 17.0. The van der Waals surface area contributed by atoms with Crippen LogP contribution in [0.3, 0.4) is 0 Å². The third kappa shape index (κ3) is 6.54. The van der Waals surface area contributed by atoms with E-state index in [1.54, 1.807) is 6.26 Å². The molecule has 0 saturated carbocycles. The first-order valence-electron chi connectivity index (χ1n) is 10.5. The molecule has 3 rings (SSSR count). The van der Waals surface area contributed by atoms with Crippen molar-refractivity contribution in [2.45, 2.75) is 64.0 Å². The second-order valence-electron chi connectivity index (χ2n) is 8.30. The fourth-order valence-corrected chi connectivity index (χ4v) is 3.82. The summed E-state index contributed by atoms with van der Waals surface area (Å²) >= 11 is 0. The normalized spacial score (nSPS) is 22.1. The Hall–Kier alpha value is -1.53. The lowest BCUT2D eigenvalue weighted by molar-refractivity contribution is 0.102. The molecular formula is C21H36N4O2. The van der Waals surface area contributed by atoms with Crippen molar-refractivity contribution in [2.24, 2.45) is 4.99 Å². The molecule has 152 valence electrons. The third-order valence-corrected chi connectivity index (χ3v) is 5.60. The Morgan fingerprint density at radius 1 is 1.22 bits per heavy atom. The van der Waals surface area contributed by atoms with Gasteiger partial charge in [0.25, 0.3) is 0 Å². The highest BCUT2D eigenvalue weighted by atomic mass is 16.5. The highest BCUT2D eigenvalue weighted by Gasteiger charge is 2.27. The van der Waals surface area contributed by atoms with Gasteiger partial charge in [-0.25, -0.2) is 0 Å². The number of likely N-dealkylation sites (tertiary alicyclic amines) is 1. The lowest BCUT2D eigenvalue weighted by Crippen LogP contribution is -2.50. The van der Waals surface area contributed by atoms with Gasteiger partial charge in [-0.15, -0.1) is 0 Å². The van der Waals surface area contributed by atoms with Crippen LogP contribution in [0.15, 0.2) is 27.8 Å². The maximum absolute atomic E-state index is 5.74. The molecule has 2 fully saturated rings. The summed E-state index contributed by atoms with van der Waals surface area (Å²) in [6.07, 6.45) is 9.13. The van der Waals surface area contributed by atoms with Gasteiger partial charge in [-0.3, -0.25) is 9.89 Å². The van der Waals surface area contributed by atoms with Crippen LogP contribution in [0.2, 0.25) is 0 Å². The summed E-state index contributed by atoms with van der Waals surface area (Å²) in [6.45, 7) is 10.3. The SMILES string of the molecule is CC(C)(CN=C(NCCc1ccco1)NCC1CCCO1)N1CCCCC1. The minimum Gasteiger partial charge on any atom is -0.469 e. The fraction of sp³-hybridized carbons (Fsp3) is 0.762. The molecule has 6 nitrogen and oxygen atoms in total. The van der Waals surface area contributed by atoms with E-state index in [2.05, 4.69) is 29.4 Å². The van der Waals surface area contributed by atoms with Crippen molar-refractivity contribution in [1.29, 1.82) is 0 Å². The van der Waals surface area contributed by atoms with E-state index < -0.39 is 0 Å². The maximum Gasteiger partial charge on any atom is 0.191 e. The van der Waals surface area contributed by atoms with Crippen molar-refractivity contribution >= 4 is 5.96 Å². The molecular weight excluding hydrogens is 340 g/mol. The Kier molecular flexibility index (Phi) is 7.59. The van der Waals surface area contributed by atoms with E-state index in [4.69, 9.17) is 14.1 Å². The minimum atomic E-state index is 0.0832. The molecule has 2 aliphatic heterocycles. The summed E-state index contributed by atoms with van der Waals surface area (Å²) in [5, 5.41) is 6.94. The third-order valence-electron chi connectivity index (χ3n) is 5.60. The predicted molar refractivity (Wildman–Crippen MR) is 109 cm³/mol. The van der Waals surface area contributed by atoms with Crippen LogP contribution in [0.4, 0.5) is 0 Å². The second-order valence-corrected chi connectivity index (χ2v) is 8.30. The van der Waals surface area contributed by atoms with Gasteiger partial charge in [0, 0.05) is 31.7 Å². The Labute approximate surface area is 163 Å². The summed E-state index contributed by atoms with van der Waals surface area (Å²) in [5.41, 5.74) is 0.0832. The fourth-order valence-electron chi connectivity index (χ4n) is 3.82. The first kappa shape index (κ1) is 20.2. The van der Waals surface area contributed by atoms with Crippen LogP contribution in [0, 0.1) is 0 Å². The molecule has 27 heavy (non-hydrogen) atoms. The van der Waals surface area contributed by atoms with Gasteiger partial charge in [0.2, 0.25) is 0 Å². The molecule has 0 aromatic carbocycles. The molecule has 0 bridgehead atoms. The zero-order chi connectivity index (χ0) is 19.0. The number of furan rings is 1. The van der Waals surface area contributed by atoms with Crippen molar-refractivity contribution in [1.82, 2.24) is 15.5 Å². The second kappa shape index (κ2) is 10.1. The van der Waals surface area contributed by atoms with Gasteiger partial charge >= 0.3 is 0 Å². The van der Waals surface area contributed by atoms with Crippen LogP contribution >= 0.6 is 0 Å². The molecule has 0 radical (unpaired) electrons. The van der Waals surface area contributed by atoms with Crippen molar-refractivity contribution in [3.63, 3.8) is 0 Å². The van der Waals surface area contributed by atoms with Gasteiger partial charge < -0.3 is 19.8 Å². The highest BCUT2D eigenvalue weighted by molar-refractivity contribution is 5.79. The van der Waals surface area contributed by atoms with Gasteiger partial charge in [0.15, 0.2) is 5.96 Å². The summed E-state index contributed by atoms with van der Waals surface area (Å²) in [5.74, 6) is 1.87. The Bertz CT molecular complexity index is 559. The molecule has 2 saturated heterocycles. The largest absolute Gasteiger partial charge is 0.469 e.